The van der Waals surface area contributed by atoms with Crippen LogP contribution >= 0.6 is 0 Å². The minimum atomic E-state index is -0.332. The van der Waals surface area contributed by atoms with E-state index in [2.05, 4.69) is 15.2 Å². The van der Waals surface area contributed by atoms with E-state index < -0.39 is 0 Å². The smallest absolute Gasteiger partial charge is 0.341 e. The zero-order valence-corrected chi connectivity index (χ0v) is 13.9. The molecule has 0 spiro atoms. The predicted molar refractivity (Wildman–Crippen MR) is 90.4 cm³/mol. The van der Waals surface area contributed by atoms with Gasteiger partial charge in [0.15, 0.2) is 0 Å². The highest BCUT2D eigenvalue weighted by molar-refractivity contribution is 5.90. The first-order chi connectivity index (χ1) is 12.2. The zero-order valence-electron chi connectivity index (χ0n) is 13.9. The maximum atomic E-state index is 12.7. The van der Waals surface area contributed by atoms with Gasteiger partial charge in [0.2, 0.25) is 0 Å². The molecule has 128 valence electrons. The quantitative estimate of drug-likeness (QED) is 0.684. The van der Waals surface area contributed by atoms with E-state index in [4.69, 9.17) is 4.74 Å². The molecule has 0 unspecified atom stereocenters. The lowest BCUT2D eigenvalue weighted by Gasteiger charge is -2.20. The van der Waals surface area contributed by atoms with Crippen LogP contribution in [0.1, 0.15) is 41.4 Å². The van der Waals surface area contributed by atoms with Gasteiger partial charge in [0.1, 0.15) is 11.7 Å². The van der Waals surface area contributed by atoms with Crippen molar-refractivity contribution in [3.63, 3.8) is 0 Å². The highest BCUT2D eigenvalue weighted by Crippen LogP contribution is 2.32. The average Bonchev–Trinajstić information content (AvgIpc) is 3.35. The van der Waals surface area contributed by atoms with Crippen molar-refractivity contribution in [3.8, 4) is 5.69 Å². The lowest BCUT2D eigenvalue weighted by atomic mass is 10.2. The van der Waals surface area contributed by atoms with E-state index in [1.807, 2.05) is 36.0 Å². The summed E-state index contributed by atoms with van der Waals surface area (Å²) in [6.45, 7) is 1.86. The molecule has 0 amide bonds. The van der Waals surface area contributed by atoms with Crippen LogP contribution in [0.4, 0.5) is 0 Å². The minimum Gasteiger partial charge on any atom is -0.456 e. The second-order valence-electron chi connectivity index (χ2n) is 6.19. The largest absolute Gasteiger partial charge is 0.456 e. The van der Waals surface area contributed by atoms with Gasteiger partial charge in [-0.1, -0.05) is 0 Å². The van der Waals surface area contributed by atoms with Gasteiger partial charge in [-0.15, -0.1) is 0 Å². The number of carbonyl (C=O) groups is 1. The van der Waals surface area contributed by atoms with Crippen LogP contribution in [0.25, 0.3) is 5.69 Å². The summed E-state index contributed by atoms with van der Waals surface area (Å²) in [4.78, 5) is 16.7. The SMILES string of the molecule is Cc1c(C(=O)O[C@@H]2CCC[C@H]2n2cccn2)cnn1-c1ccncc1. The molecule has 0 aromatic carbocycles. The summed E-state index contributed by atoms with van der Waals surface area (Å²) < 4.78 is 9.41. The van der Waals surface area contributed by atoms with Crippen LogP contribution < -0.4 is 0 Å². The van der Waals surface area contributed by atoms with Crippen molar-refractivity contribution in [1.82, 2.24) is 24.5 Å². The minimum absolute atomic E-state index is 0.106. The number of hydrogen-bond acceptors (Lipinski definition) is 5. The summed E-state index contributed by atoms with van der Waals surface area (Å²) in [5.74, 6) is -0.332. The summed E-state index contributed by atoms with van der Waals surface area (Å²) in [5, 5.41) is 8.61. The molecule has 0 aliphatic heterocycles. The van der Waals surface area contributed by atoms with E-state index in [1.54, 1.807) is 29.5 Å². The molecule has 1 saturated carbocycles. The third-order valence-electron chi connectivity index (χ3n) is 4.68. The second kappa shape index (κ2) is 6.51. The Bertz CT molecular complexity index is 857. The Balaban J connectivity index is 1.53. The number of pyridine rings is 1. The number of rotatable bonds is 4. The summed E-state index contributed by atoms with van der Waals surface area (Å²) in [6, 6.07) is 5.69. The Hall–Kier alpha value is -2.96. The van der Waals surface area contributed by atoms with Gasteiger partial charge in [0.05, 0.1) is 23.6 Å². The van der Waals surface area contributed by atoms with E-state index in [0.29, 0.717) is 5.56 Å². The van der Waals surface area contributed by atoms with Gasteiger partial charge >= 0.3 is 5.97 Å². The van der Waals surface area contributed by atoms with E-state index in [1.165, 1.54) is 0 Å². The van der Waals surface area contributed by atoms with Crippen molar-refractivity contribution in [2.45, 2.75) is 38.3 Å². The summed E-state index contributed by atoms with van der Waals surface area (Å²) in [5.41, 5.74) is 2.11. The molecule has 7 heteroatoms. The van der Waals surface area contributed by atoms with Crippen molar-refractivity contribution < 1.29 is 9.53 Å². The first kappa shape index (κ1) is 15.6. The van der Waals surface area contributed by atoms with Gasteiger partial charge in [-0.3, -0.25) is 9.67 Å². The molecule has 0 saturated heterocycles. The van der Waals surface area contributed by atoms with Gasteiger partial charge in [-0.25, -0.2) is 9.48 Å². The highest BCUT2D eigenvalue weighted by atomic mass is 16.5. The molecule has 1 fully saturated rings. The number of ether oxygens (including phenoxy) is 1. The first-order valence-corrected chi connectivity index (χ1v) is 8.39. The van der Waals surface area contributed by atoms with Gasteiger partial charge in [-0.2, -0.15) is 10.2 Å². The van der Waals surface area contributed by atoms with Crippen molar-refractivity contribution in [2.75, 3.05) is 0 Å². The molecule has 25 heavy (non-hydrogen) atoms. The maximum absolute atomic E-state index is 12.7. The molecular weight excluding hydrogens is 318 g/mol. The lowest BCUT2D eigenvalue weighted by Crippen LogP contribution is -2.25. The molecule has 1 aliphatic carbocycles. The first-order valence-electron chi connectivity index (χ1n) is 8.39. The summed E-state index contributed by atoms with van der Waals surface area (Å²) in [6.07, 6.45) is 11.3. The van der Waals surface area contributed by atoms with Crippen LogP contribution in [-0.2, 0) is 4.74 Å². The molecule has 4 rings (SSSR count). The molecule has 0 radical (unpaired) electrons. The highest BCUT2D eigenvalue weighted by Gasteiger charge is 2.33. The molecule has 2 atom stereocenters. The Labute approximate surface area is 145 Å². The second-order valence-corrected chi connectivity index (χ2v) is 6.19. The van der Waals surface area contributed by atoms with Crippen LogP contribution in [0.3, 0.4) is 0 Å². The van der Waals surface area contributed by atoms with Gasteiger partial charge in [0.25, 0.3) is 0 Å². The Morgan fingerprint density at radius 2 is 2.04 bits per heavy atom. The van der Waals surface area contributed by atoms with Gasteiger partial charge in [-0.05, 0) is 44.4 Å². The monoisotopic (exact) mass is 337 g/mol. The van der Waals surface area contributed by atoms with Crippen LogP contribution in [0, 0.1) is 6.92 Å². The predicted octanol–water partition coefficient (Wildman–Crippen LogP) is 2.72. The number of aromatic nitrogens is 5. The Morgan fingerprint density at radius 1 is 1.20 bits per heavy atom. The Morgan fingerprint density at radius 3 is 2.80 bits per heavy atom. The van der Waals surface area contributed by atoms with Crippen molar-refractivity contribution in [3.05, 3.63) is 60.4 Å². The fraction of sp³-hybridized carbons (Fsp3) is 0.333. The number of nitrogens with zero attached hydrogens (tertiary/aromatic N) is 5. The van der Waals surface area contributed by atoms with Crippen molar-refractivity contribution in [2.24, 2.45) is 0 Å². The molecule has 0 bridgehead atoms. The molecule has 1 aliphatic rings. The third kappa shape index (κ3) is 2.93. The topological polar surface area (TPSA) is 74.8 Å². The molecule has 0 N–H and O–H groups in total. The van der Waals surface area contributed by atoms with Crippen LogP contribution in [0.2, 0.25) is 0 Å². The summed E-state index contributed by atoms with van der Waals surface area (Å²) in [7, 11) is 0. The van der Waals surface area contributed by atoms with Crippen LogP contribution in [-0.4, -0.2) is 36.6 Å². The fourth-order valence-corrected chi connectivity index (χ4v) is 3.38. The van der Waals surface area contributed by atoms with E-state index in [0.717, 1.165) is 30.6 Å². The van der Waals surface area contributed by atoms with Gasteiger partial charge < -0.3 is 4.74 Å². The molecular formula is C18H19N5O2. The van der Waals surface area contributed by atoms with E-state index in [9.17, 15) is 4.79 Å². The summed E-state index contributed by atoms with van der Waals surface area (Å²) >= 11 is 0. The van der Waals surface area contributed by atoms with Crippen LogP contribution in [0.5, 0.6) is 0 Å². The molecule has 7 nitrogen and oxygen atoms in total. The molecule has 3 aromatic heterocycles. The van der Waals surface area contributed by atoms with Crippen molar-refractivity contribution in [1.29, 1.82) is 0 Å². The number of esters is 1. The number of hydrogen-bond donors (Lipinski definition) is 0. The maximum Gasteiger partial charge on any atom is 0.341 e. The van der Waals surface area contributed by atoms with Crippen molar-refractivity contribution >= 4 is 5.97 Å². The number of carbonyl (C=O) groups excluding carboxylic acids is 1. The average molecular weight is 337 g/mol. The Kier molecular flexibility index (Phi) is 4.05. The lowest BCUT2D eigenvalue weighted by molar-refractivity contribution is 0.0209. The van der Waals surface area contributed by atoms with E-state index in [-0.39, 0.29) is 18.1 Å². The standard InChI is InChI=1S/C18H19N5O2/c1-13-15(12-21-23(13)14-6-9-19-10-7-14)18(24)25-17-5-2-4-16(17)22-11-3-8-20-22/h3,6-12,16-17H,2,4-5H2,1H3/t16-,17-/m1/s1. The third-order valence-corrected chi connectivity index (χ3v) is 4.68. The fourth-order valence-electron chi connectivity index (χ4n) is 3.38. The van der Waals surface area contributed by atoms with E-state index >= 15 is 0 Å². The molecule has 3 aromatic rings. The van der Waals surface area contributed by atoms with Crippen LogP contribution in [0.15, 0.2) is 49.2 Å². The zero-order chi connectivity index (χ0) is 17.2. The molecule has 3 heterocycles. The van der Waals surface area contributed by atoms with Gasteiger partial charge in [0, 0.05) is 24.8 Å². The normalized spacial score (nSPS) is 19.9.